The number of hydrogen-bond donors (Lipinski definition) is 2. The summed E-state index contributed by atoms with van der Waals surface area (Å²) in [5.41, 5.74) is 4.65. The second-order valence-corrected chi connectivity index (χ2v) is 6.07. The highest BCUT2D eigenvalue weighted by Crippen LogP contribution is 2.29. The smallest absolute Gasteiger partial charge is 0.274 e. The Labute approximate surface area is 141 Å². The number of carbonyl (C=O) groups excluding carboxylic acids is 1. The molecule has 0 bridgehead atoms. The summed E-state index contributed by atoms with van der Waals surface area (Å²) in [7, 11) is 0. The number of amides is 1. The van der Waals surface area contributed by atoms with Crippen LogP contribution in [0.2, 0.25) is 0 Å². The normalized spacial score (nSPS) is 13.1. The summed E-state index contributed by atoms with van der Waals surface area (Å²) in [6.07, 6.45) is 2.76. The van der Waals surface area contributed by atoms with Crippen LogP contribution in [0.5, 0.6) is 0 Å². The SMILES string of the molecule is Cc1ccccc1-n1nc(C(=O)N(CCO)CCO)c2c1CCC2. The van der Waals surface area contributed by atoms with Gasteiger partial charge in [-0.3, -0.25) is 4.79 Å². The van der Waals surface area contributed by atoms with E-state index in [2.05, 4.69) is 5.10 Å². The molecule has 3 rings (SSSR count). The number of carbonyl (C=O) groups is 1. The summed E-state index contributed by atoms with van der Waals surface area (Å²) in [5.74, 6) is -0.219. The van der Waals surface area contributed by atoms with Gasteiger partial charge in [-0.1, -0.05) is 18.2 Å². The minimum absolute atomic E-state index is 0.133. The number of aliphatic hydroxyl groups is 2. The third kappa shape index (κ3) is 2.95. The lowest BCUT2D eigenvalue weighted by molar-refractivity contribution is 0.0677. The average Bonchev–Trinajstić information content (AvgIpc) is 3.17. The van der Waals surface area contributed by atoms with Crippen molar-refractivity contribution in [1.29, 1.82) is 0 Å². The first-order chi connectivity index (χ1) is 11.7. The standard InChI is InChI=1S/C18H23N3O3/c1-13-5-2-3-7-15(13)21-16-8-4-6-14(16)17(19-21)18(24)20(9-11-22)10-12-23/h2-3,5,7,22-23H,4,6,8-12H2,1H3. The summed E-state index contributed by atoms with van der Waals surface area (Å²) in [4.78, 5) is 14.3. The number of hydrogen-bond acceptors (Lipinski definition) is 4. The number of fused-ring (bicyclic) bond motifs is 1. The molecule has 1 aromatic carbocycles. The molecule has 0 saturated carbocycles. The van der Waals surface area contributed by atoms with Crippen LogP contribution in [-0.2, 0) is 12.8 Å². The summed E-state index contributed by atoms with van der Waals surface area (Å²) in [6.45, 7) is 2.17. The molecule has 2 aromatic rings. The van der Waals surface area contributed by atoms with Gasteiger partial charge in [0, 0.05) is 24.3 Å². The van der Waals surface area contributed by atoms with E-state index in [1.807, 2.05) is 35.9 Å². The van der Waals surface area contributed by atoms with Gasteiger partial charge in [0.25, 0.3) is 5.91 Å². The van der Waals surface area contributed by atoms with Crippen LogP contribution in [-0.4, -0.2) is 57.1 Å². The zero-order valence-electron chi connectivity index (χ0n) is 13.9. The van der Waals surface area contributed by atoms with Crippen molar-refractivity contribution in [2.24, 2.45) is 0 Å². The van der Waals surface area contributed by atoms with Gasteiger partial charge in [-0.15, -0.1) is 0 Å². The highest BCUT2D eigenvalue weighted by Gasteiger charge is 2.29. The molecule has 0 aliphatic heterocycles. The zero-order chi connectivity index (χ0) is 17.1. The van der Waals surface area contributed by atoms with Crippen molar-refractivity contribution in [3.05, 3.63) is 46.8 Å². The van der Waals surface area contributed by atoms with Crippen molar-refractivity contribution in [3.63, 3.8) is 0 Å². The lowest BCUT2D eigenvalue weighted by Gasteiger charge is -2.19. The minimum atomic E-state index is -0.219. The van der Waals surface area contributed by atoms with Crippen molar-refractivity contribution in [2.45, 2.75) is 26.2 Å². The predicted molar refractivity (Wildman–Crippen MR) is 90.4 cm³/mol. The Balaban J connectivity index is 2.03. The van der Waals surface area contributed by atoms with Crippen LogP contribution in [0.4, 0.5) is 0 Å². The highest BCUT2D eigenvalue weighted by molar-refractivity contribution is 5.94. The van der Waals surface area contributed by atoms with E-state index < -0.39 is 0 Å². The van der Waals surface area contributed by atoms with Gasteiger partial charge in [-0.25, -0.2) is 4.68 Å². The Hall–Kier alpha value is -2.18. The number of aromatic nitrogens is 2. The fourth-order valence-electron chi connectivity index (χ4n) is 3.32. The van der Waals surface area contributed by atoms with Crippen LogP contribution >= 0.6 is 0 Å². The van der Waals surface area contributed by atoms with Crippen LogP contribution in [0, 0.1) is 6.92 Å². The molecule has 1 aromatic heterocycles. The third-order valence-electron chi connectivity index (χ3n) is 4.50. The molecule has 2 N–H and O–H groups in total. The summed E-state index contributed by atoms with van der Waals surface area (Å²) in [6, 6.07) is 7.99. The highest BCUT2D eigenvalue weighted by atomic mass is 16.3. The molecule has 0 unspecified atom stereocenters. The van der Waals surface area contributed by atoms with Crippen LogP contribution < -0.4 is 0 Å². The van der Waals surface area contributed by atoms with Crippen molar-refractivity contribution < 1.29 is 15.0 Å². The predicted octanol–water partition coefficient (Wildman–Crippen LogP) is 1.10. The van der Waals surface area contributed by atoms with Gasteiger partial charge in [0.05, 0.1) is 18.9 Å². The van der Waals surface area contributed by atoms with Crippen molar-refractivity contribution in [1.82, 2.24) is 14.7 Å². The third-order valence-corrected chi connectivity index (χ3v) is 4.50. The van der Waals surface area contributed by atoms with Gasteiger partial charge in [-0.2, -0.15) is 5.10 Å². The quantitative estimate of drug-likeness (QED) is 0.832. The zero-order valence-corrected chi connectivity index (χ0v) is 13.9. The Bertz CT molecular complexity index is 733. The number of benzene rings is 1. The van der Waals surface area contributed by atoms with Crippen LogP contribution in [0.25, 0.3) is 5.69 Å². The number of rotatable bonds is 6. The summed E-state index contributed by atoms with van der Waals surface area (Å²) < 4.78 is 1.89. The lowest BCUT2D eigenvalue weighted by Crippen LogP contribution is -2.36. The van der Waals surface area contributed by atoms with E-state index in [9.17, 15) is 15.0 Å². The molecule has 0 spiro atoms. The number of aryl methyl sites for hydroxylation is 1. The Morgan fingerprint density at radius 1 is 1.21 bits per heavy atom. The Morgan fingerprint density at radius 2 is 1.92 bits per heavy atom. The first-order valence-electron chi connectivity index (χ1n) is 8.35. The lowest BCUT2D eigenvalue weighted by atomic mass is 10.1. The molecule has 0 fully saturated rings. The molecule has 1 aliphatic carbocycles. The van der Waals surface area contributed by atoms with Gasteiger partial charge in [0.1, 0.15) is 0 Å². The van der Waals surface area contributed by atoms with E-state index in [1.165, 1.54) is 4.90 Å². The van der Waals surface area contributed by atoms with Crippen molar-refractivity contribution in [3.8, 4) is 5.69 Å². The average molecular weight is 329 g/mol. The van der Waals surface area contributed by atoms with E-state index in [0.29, 0.717) is 5.69 Å². The number of para-hydroxylation sites is 1. The molecule has 1 heterocycles. The van der Waals surface area contributed by atoms with Crippen molar-refractivity contribution in [2.75, 3.05) is 26.3 Å². The molecular formula is C18H23N3O3. The Morgan fingerprint density at radius 3 is 2.58 bits per heavy atom. The van der Waals surface area contributed by atoms with Gasteiger partial charge in [-0.05, 0) is 37.8 Å². The molecular weight excluding hydrogens is 306 g/mol. The fraction of sp³-hybridized carbons (Fsp3) is 0.444. The van der Waals surface area contributed by atoms with E-state index in [0.717, 1.165) is 41.8 Å². The maximum Gasteiger partial charge on any atom is 0.274 e. The van der Waals surface area contributed by atoms with Gasteiger partial charge < -0.3 is 15.1 Å². The van der Waals surface area contributed by atoms with E-state index in [-0.39, 0.29) is 32.2 Å². The maximum atomic E-state index is 12.8. The molecule has 24 heavy (non-hydrogen) atoms. The fourth-order valence-corrected chi connectivity index (χ4v) is 3.32. The topological polar surface area (TPSA) is 78.6 Å². The minimum Gasteiger partial charge on any atom is -0.395 e. The molecule has 1 aliphatic rings. The van der Waals surface area contributed by atoms with Crippen LogP contribution in [0.1, 0.15) is 33.7 Å². The number of nitrogens with zero attached hydrogens (tertiary/aromatic N) is 3. The van der Waals surface area contributed by atoms with E-state index >= 15 is 0 Å². The molecule has 1 amide bonds. The first kappa shape index (κ1) is 16.7. The van der Waals surface area contributed by atoms with E-state index in [1.54, 1.807) is 0 Å². The molecule has 6 nitrogen and oxygen atoms in total. The molecule has 0 saturated heterocycles. The largest absolute Gasteiger partial charge is 0.395 e. The van der Waals surface area contributed by atoms with Gasteiger partial charge >= 0.3 is 0 Å². The second kappa shape index (κ2) is 7.15. The van der Waals surface area contributed by atoms with Crippen LogP contribution in [0.3, 0.4) is 0 Å². The monoisotopic (exact) mass is 329 g/mol. The molecule has 128 valence electrons. The van der Waals surface area contributed by atoms with E-state index in [4.69, 9.17) is 0 Å². The summed E-state index contributed by atoms with van der Waals surface area (Å²) in [5, 5.41) is 23.0. The Kier molecular flexibility index (Phi) is 4.97. The second-order valence-electron chi connectivity index (χ2n) is 6.07. The van der Waals surface area contributed by atoms with Gasteiger partial charge in [0.15, 0.2) is 5.69 Å². The van der Waals surface area contributed by atoms with Crippen LogP contribution in [0.15, 0.2) is 24.3 Å². The maximum absolute atomic E-state index is 12.8. The molecule has 0 radical (unpaired) electrons. The molecule has 0 atom stereocenters. The first-order valence-corrected chi connectivity index (χ1v) is 8.35. The van der Waals surface area contributed by atoms with Crippen molar-refractivity contribution >= 4 is 5.91 Å². The molecule has 6 heteroatoms. The number of aliphatic hydroxyl groups excluding tert-OH is 2. The van der Waals surface area contributed by atoms with Gasteiger partial charge in [0.2, 0.25) is 0 Å². The summed E-state index contributed by atoms with van der Waals surface area (Å²) >= 11 is 0.